The van der Waals surface area contributed by atoms with E-state index in [1.165, 1.54) is 0 Å². The number of hydrogen-bond donors (Lipinski definition) is 0. The summed E-state index contributed by atoms with van der Waals surface area (Å²) in [6.45, 7) is 8.77. The minimum atomic E-state index is -0.450. The molecule has 1 saturated heterocycles. The molecule has 5 heteroatoms. The maximum Gasteiger partial charge on any atom is 0.264 e. The van der Waals surface area contributed by atoms with Crippen LogP contribution < -0.4 is 0 Å². The molecule has 1 aromatic heterocycles. The molecule has 1 fully saturated rings. The van der Waals surface area contributed by atoms with Crippen LogP contribution in [0.3, 0.4) is 0 Å². The van der Waals surface area contributed by atoms with Gasteiger partial charge in [-0.3, -0.25) is 9.69 Å². The van der Waals surface area contributed by atoms with E-state index in [4.69, 9.17) is 5.26 Å². The van der Waals surface area contributed by atoms with Crippen molar-refractivity contribution in [2.24, 2.45) is 0 Å². The average Bonchev–Trinajstić information content (AvgIpc) is 2.85. The summed E-state index contributed by atoms with van der Waals surface area (Å²) in [5.41, 5.74) is -0.450. The SMILES string of the molecule is Cc1ccc(C(=O)N2CCN(C(C)(C)C#N)CC2)s1. The third kappa shape index (κ3) is 2.96. The van der Waals surface area contributed by atoms with Crippen LogP contribution in [0.1, 0.15) is 28.4 Å². The molecule has 0 radical (unpaired) electrons. The molecule has 1 amide bonds. The fraction of sp³-hybridized carbons (Fsp3) is 0.571. The molecule has 0 spiro atoms. The lowest BCUT2D eigenvalue weighted by Crippen LogP contribution is -2.55. The molecule has 0 aromatic carbocycles. The fourth-order valence-corrected chi connectivity index (χ4v) is 3.08. The largest absolute Gasteiger partial charge is 0.335 e. The van der Waals surface area contributed by atoms with Crippen LogP contribution in [0.5, 0.6) is 0 Å². The van der Waals surface area contributed by atoms with Crippen LogP contribution in [-0.2, 0) is 0 Å². The quantitative estimate of drug-likeness (QED) is 0.832. The van der Waals surface area contributed by atoms with E-state index < -0.39 is 5.54 Å². The summed E-state index contributed by atoms with van der Waals surface area (Å²) >= 11 is 1.54. The van der Waals surface area contributed by atoms with Gasteiger partial charge in [-0.2, -0.15) is 5.26 Å². The van der Waals surface area contributed by atoms with Gasteiger partial charge in [0.15, 0.2) is 0 Å². The second kappa shape index (κ2) is 5.32. The van der Waals surface area contributed by atoms with Crippen molar-refractivity contribution in [2.45, 2.75) is 26.3 Å². The monoisotopic (exact) mass is 277 g/mol. The van der Waals surface area contributed by atoms with Gasteiger partial charge in [-0.25, -0.2) is 0 Å². The van der Waals surface area contributed by atoms with Crippen LogP contribution in [-0.4, -0.2) is 47.4 Å². The normalized spacial score (nSPS) is 17.3. The summed E-state index contributed by atoms with van der Waals surface area (Å²) in [7, 11) is 0. The highest BCUT2D eigenvalue weighted by Gasteiger charge is 2.31. The van der Waals surface area contributed by atoms with Gasteiger partial charge >= 0.3 is 0 Å². The first-order valence-electron chi connectivity index (χ1n) is 6.46. The highest BCUT2D eigenvalue weighted by Crippen LogP contribution is 2.20. The van der Waals surface area contributed by atoms with E-state index in [9.17, 15) is 4.79 Å². The molecule has 4 nitrogen and oxygen atoms in total. The van der Waals surface area contributed by atoms with Gasteiger partial charge < -0.3 is 4.90 Å². The Kier molecular flexibility index (Phi) is 3.93. The molecule has 0 aliphatic carbocycles. The van der Waals surface area contributed by atoms with Crippen molar-refractivity contribution in [2.75, 3.05) is 26.2 Å². The van der Waals surface area contributed by atoms with E-state index in [-0.39, 0.29) is 5.91 Å². The number of rotatable bonds is 2. The van der Waals surface area contributed by atoms with Gasteiger partial charge in [0.05, 0.1) is 10.9 Å². The van der Waals surface area contributed by atoms with Crippen molar-refractivity contribution in [3.8, 4) is 6.07 Å². The van der Waals surface area contributed by atoms with E-state index in [2.05, 4.69) is 11.0 Å². The van der Waals surface area contributed by atoms with E-state index in [1.54, 1.807) is 11.3 Å². The minimum Gasteiger partial charge on any atom is -0.335 e. The van der Waals surface area contributed by atoms with E-state index in [1.807, 2.05) is 37.8 Å². The molecule has 0 N–H and O–H groups in total. The molecule has 1 aliphatic heterocycles. The standard InChI is InChI=1S/C14H19N3OS/c1-11-4-5-12(19-11)13(18)16-6-8-17(9-7-16)14(2,3)10-15/h4-5H,6-9H2,1-3H3. The second-order valence-electron chi connectivity index (χ2n) is 5.36. The predicted molar refractivity (Wildman–Crippen MR) is 76.2 cm³/mol. The van der Waals surface area contributed by atoms with Crippen LogP contribution in [0.25, 0.3) is 0 Å². The van der Waals surface area contributed by atoms with Gasteiger partial charge in [-0.05, 0) is 32.9 Å². The number of carbonyl (C=O) groups excluding carboxylic acids is 1. The van der Waals surface area contributed by atoms with Crippen LogP contribution in [0.15, 0.2) is 12.1 Å². The van der Waals surface area contributed by atoms with Crippen LogP contribution in [0.4, 0.5) is 0 Å². The second-order valence-corrected chi connectivity index (χ2v) is 6.65. The zero-order chi connectivity index (χ0) is 14.0. The Balaban J connectivity index is 1.97. The number of amides is 1. The maximum atomic E-state index is 12.3. The zero-order valence-electron chi connectivity index (χ0n) is 11.6. The Bertz CT molecular complexity index is 507. The Hall–Kier alpha value is -1.38. The highest BCUT2D eigenvalue weighted by molar-refractivity contribution is 7.13. The molecule has 19 heavy (non-hydrogen) atoms. The van der Waals surface area contributed by atoms with E-state index in [0.717, 1.165) is 22.8 Å². The van der Waals surface area contributed by atoms with Gasteiger partial charge in [0.2, 0.25) is 0 Å². The third-order valence-electron chi connectivity index (χ3n) is 3.58. The average molecular weight is 277 g/mol. The number of aryl methyl sites for hydroxylation is 1. The number of hydrogen-bond acceptors (Lipinski definition) is 4. The first-order valence-corrected chi connectivity index (χ1v) is 7.28. The molecule has 0 bridgehead atoms. The van der Waals surface area contributed by atoms with Crippen molar-refractivity contribution in [3.63, 3.8) is 0 Å². The Morgan fingerprint density at radius 1 is 1.32 bits per heavy atom. The molecule has 102 valence electrons. The van der Waals surface area contributed by atoms with Gasteiger partial charge in [-0.15, -0.1) is 11.3 Å². The summed E-state index contributed by atoms with van der Waals surface area (Å²) < 4.78 is 0. The predicted octanol–water partition coefficient (Wildman–Crippen LogP) is 2.12. The lowest BCUT2D eigenvalue weighted by atomic mass is 10.0. The van der Waals surface area contributed by atoms with Gasteiger partial charge in [0.1, 0.15) is 5.54 Å². The Labute approximate surface area is 118 Å². The first-order chi connectivity index (χ1) is 8.94. The summed E-state index contributed by atoms with van der Waals surface area (Å²) in [5.74, 6) is 0.118. The topological polar surface area (TPSA) is 47.3 Å². The van der Waals surface area contributed by atoms with E-state index >= 15 is 0 Å². The molecule has 2 heterocycles. The third-order valence-corrected chi connectivity index (χ3v) is 4.57. The highest BCUT2D eigenvalue weighted by atomic mass is 32.1. The number of carbonyl (C=O) groups is 1. The van der Waals surface area contributed by atoms with Gasteiger partial charge in [0.25, 0.3) is 5.91 Å². The summed E-state index contributed by atoms with van der Waals surface area (Å²) in [6, 6.07) is 6.19. The molecule has 1 aromatic rings. The molecule has 2 rings (SSSR count). The summed E-state index contributed by atoms with van der Waals surface area (Å²) in [6.07, 6.45) is 0. The molecule has 0 unspecified atom stereocenters. The van der Waals surface area contributed by atoms with Crippen LogP contribution in [0.2, 0.25) is 0 Å². The smallest absolute Gasteiger partial charge is 0.264 e. The van der Waals surface area contributed by atoms with Gasteiger partial charge in [-0.1, -0.05) is 0 Å². The number of thiophene rings is 1. The maximum absolute atomic E-state index is 12.3. The Morgan fingerprint density at radius 2 is 1.95 bits per heavy atom. The van der Waals surface area contributed by atoms with Crippen LogP contribution >= 0.6 is 11.3 Å². The van der Waals surface area contributed by atoms with Crippen LogP contribution in [0, 0.1) is 18.3 Å². The Morgan fingerprint density at radius 3 is 2.42 bits per heavy atom. The van der Waals surface area contributed by atoms with Crippen molar-refractivity contribution in [1.82, 2.24) is 9.80 Å². The lowest BCUT2D eigenvalue weighted by molar-refractivity contribution is 0.0525. The molecular weight excluding hydrogens is 258 g/mol. The number of piperazine rings is 1. The first kappa shape index (κ1) is 14.0. The number of nitriles is 1. The molecule has 0 saturated carbocycles. The number of nitrogens with zero attached hydrogens (tertiary/aromatic N) is 3. The van der Waals surface area contributed by atoms with Crippen molar-refractivity contribution < 1.29 is 4.79 Å². The fourth-order valence-electron chi connectivity index (χ4n) is 2.24. The van der Waals surface area contributed by atoms with Crippen molar-refractivity contribution in [3.05, 3.63) is 21.9 Å². The van der Waals surface area contributed by atoms with E-state index in [0.29, 0.717) is 13.1 Å². The van der Waals surface area contributed by atoms with Gasteiger partial charge in [0, 0.05) is 31.1 Å². The van der Waals surface area contributed by atoms with Crippen molar-refractivity contribution in [1.29, 1.82) is 5.26 Å². The zero-order valence-corrected chi connectivity index (χ0v) is 12.5. The summed E-state index contributed by atoms with van der Waals surface area (Å²) in [5, 5.41) is 9.13. The molecule has 0 atom stereocenters. The molecular formula is C14H19N3OS. The molecule has 1 aliphatic rings. The summed E-state index contributed by atoms with van der Waals surface area (Å²) in [4.78, 5) is 18.3. The minimum absolute atomic E-state index is 0.118. The van der Waals surface area contributed by atoms with Crippen molar-refractivity contribution >= 4 is 17.2 Å². The lowest BCUT2D eigenvalue weighted by Gasteiger charge is -2.40.